The summed E-state index contributed by atoms with van der Waals surface area (Å²) in [5.41, 5.74) is 2.79. The number of rotatable bonds is 3. The molecule has 6 heteroatoms. The highest BCUT2D eigenvalue weighted by Gasteiger charge is 2.02. The van der Waals surface area contributed by atoms with E-state index in [0.717, 1.165) is 4.47 Å². The normalized spacial score (nSPS) is 10.9. The van der Waals surface area contributed by atoms with Crippen LogP contribution in [-0.4, -0.2) is 11.2 Å². The minimum absolute atomic E-state index is 0.641. The van der Waals surface area contributed by atoms with Crippen molar-refractivity contribution in [3.05, 3.63) is 45.4 Å². The fraction of sp³-hybridized carbons (Fsp3) is 0. The first-order valence-electron chi connectivity index (χ1n) is 4.40. The van der Waals surface area contributed by atoms with Crippen molar-refractivity contribution < 1.29 is 4.42 Å². The van der Waals surface area contributed by atoms with E-state index in [1.807, 2.05) is 24.3 Å². The molecule has 0 amide bonds. The highest BCUT2D eigenvalue weighted by atomic mass is 79.9. The number of nitrogens with zero attached hydrogens (tertiary/aromatic N) is 2. The Bertz CT molecular complexity index is 477. The van der Waals surface area contributed by atoms with E-state index in [4.69, 9.17) is 4.42 Å². The number of halogens is 2. The lowest BCUT2D eigenvalue weighted by Gasteiger charge is -1.95. The van der Waals surface area contributed by atoms with Crippen LogP contribution >= 0.6 is 31.9 Å². The summed E-state index contributed by atoms with van der Waals surface area (Å²) < 4.78 is 6.81. The van der Waals surface area contributed by atoms with Crippen LogP contribution in [0.15, 0.2) is 49.1 Å². The van der Waals surface area contributed by atoms with Crippen molar-refractivity contribution in [3.63, 3.8) is 0 Å². The first-order chi connectivity index (χ1) is 7.75. The number of aromatic nitrogens is 1. The number of anilines is 1. The van der Waals surface area contributed by atoms with Gasteiger partial charge in [-0.05, 0) is 44.0 Å². The molecule has 2 aromatic rings. The third-order valence-corrected chi connectivity index (χ3v) is 3.41. The SMILES string of the molecule is Brc1cc(C=NNc2ccccn2)oc1Br. The van der Waals surface area contributed by atoms with Crippen LogP contribution in [0.5, 0.6) is 0 Å². The maximum absolute atomic E-state index is 5.31. The van der Waals surface area contributed by atoms with Crippen LogP contribution in [0.25, 0.3) is 0 Å². The van der Waals surface area contributed by atoms with E-state index in [0.29, 0.717) is 16.2 Å². The maximum atomic E-state index is 5.31. The summed E-state index contributed by atoms with van der Waals surface area (Å²) in [6.45, 7) is 0. The lowest BCUT2D eigenvalue weighted by atomic mass is 10.5. The Morgan fingerprint density at radius 3 is 2.88 bits per heavy atom. The summed E-state index contributed by atoms with van der Waals surface area (Å²) in [6, 6.07) is 7.36. The van der Waals surface area contributed by atoms with E-state index in [1.54, 1.807) is 12.4 Å². The second-order valence-electron chi connectivity index (χ2n) is 2.86. The summed E-state index contributed by atoms with van der Waals surface area (Å²) in [5, 5.41) is 3.99. The second kappa shape index (κ2) is 5.27. The number of pyridine rings is 1. The molecule has 0 aliphatic carbocycles. The van der Waals surface area contributed by atoms with Crippen molar-refractivity contribution in [1.82, 2.24) is 4.98 Å². The van der Waals surface area contributed by atoms with Crippen LogP contribution < -0.4 is 5.43 Å². The van der Waals surface area contributed by atoms with Crippen molar-refractivity contribution >= 4 is 43.9 Å². The van der Waals surface area contributed by atoms with Gasteiger partial charge in [0.1, 0.15) is 11.6 Å². The molecule has 0 atom stereocenters. The van der Waals surface area contributed by atoms with E-state index in [1.165, 1.54) is 0 Å². The van der Waals surface area contributed by atoms with Gasteiger partial charge < -0.3 is 4.42 Å². The molecule has 2 heterocycles. The number of nitrogens with one attached hydrogen (secondary N) is 1. The van der Waals surface area contributed by atoms with Crippen molar-refractivity contribution in [2.45, 2.75) is 0 Å². The van der Waals surface area contributed by atoms with Gasteiger partial charge in [-0.3, -0.25) is 5.43 Å². The fourth-order valence-electron chi connectivity index (χ4n) is 1.02. The Balaban J connectivity index is 2.00. The summed E-state index contributed by atoms with van der Waals surface area (Å²) in [6.07, 6.45) is 3.27. The highest BCUT2D eigenvalue weighted by molar-refractivity contribution is 9.13. The summed E-state index contributed by atoms with van der Waals surface area (Å²) in [5.74, 6) is 1.32. The van der Waals surface area contributed by atoms with Gasteiger partial charge in [0.2, 0.25) is 0 Å². The summed E-state index contributed by atoms with van der Waals surface area (Å²) in [4.78, 5) is 4.06. The van der Waals surface area contributed by atoms with Crippen molar-refractivity contribution in [2.24, 2.45) is 5.10 Å². The van der Waals surface area contributed by atoms with Crippen LogP contribution in [0.2, 0.25) is 0 Å². The molecule has 2 rings (SSSR count). The van der Waals surface area contributed by atoms with E-state index < -0.39 is 0 Å². The zero-order chi connectivity index (χ0) is 11.4. The lowest BCUT2D eigenvalue weighted by Crippen LogP contribution is -1.91. The van der Waals surface area contributed by atoms with Gasteiger partial charge in [0.15, 0.2) is 4.67 Å². The molecule has 0 aliphatic rings. The average molecular weight is 345 g/mol. The molecular weight excluding hydrogens is 338 g/mol. The molecule has 82 valence electrons. The van der Waals surface area contributed by atoms with Crippen LogP contribution in [-0.2, 0) is 0 Å². The number of hydrogen-bond acceptors (Lipinski definition) is 4. The molecule has 0 aliphatic heterocycles. The fourth-order valence-corrected chi connectivity index (χ4v) is 1.63. The topological polar surface area (TPSA) is 50.4 Å². The minimum atomic E-state index is 0.641. The predicted octanol–water partition coefficient (Wildman–Crippen LogP) is 3.65. The Morgan fingerprint density at radius 1 is 1.38 bits per heavy atom. The zero-order valence-corrected chi connectivity index (χ0v) is 11.2. The second-order valence-corrected chi connectivity index (χ2v) is 4.43. The molecule has 0 saturated carbocycles. The Morgan fingerprint density at radius 2 is 2.25 bits per heavy atom. The average Bonchev–Trinajstić information content (AvgIpc) is 2.60. The first-order valence-corrected chi connectivity index (χ1v) is 5.99. The predicted molar refractivity (Wildman–Crippen MR) is 69.6 cm³/mol. The lowest BCUT2D eigenvalue weighted by molar-refractivity contribution is 0.533. The smallest absolute Gasteiger partial charge is 0.184 e. The van der Waals surface area contributed by atoms with E-state index in [2.05, 4.69) is 47.4 Å². The molecule has 0 spiro atoms. The molecule has 0 unspecified atom stereocenters. The van der Waals surface area contributed by atoms with Gasteiger partial charge in [0, 0.05) is 12.3 Å². The van der Waals surface area contributed by atoms with Gasteiger partial charge in [0.25, 0.3) is 0 Å². The van der Waals surface area contributed by atoms with Crippen LogP contribution in [0, 0.1) is 0 Å². The first kappa shape index (κ1) is 11.3. The van der Waals surface area contributed by atoms with Crippen LogP contribution in [0.4, 0.5) is 5.82 Å². The van der Waals surface area contributed by atoms with E-state index >= 15 is 0 Å². The van der Waals surface area contributed by atoms with Crippen molar-refractivity contribution in [2.75, 3.05) is 5.43 Å². The van der Waals surface area contributed by atoms with Gasteiger partial charge in [0.05, 0.1) is 10.7 Å². The summed E-state index contributed by atoms with van der Waals surface area (Å²) >= 11 is 6.56. The molecule has 0 fully saturated rings. The standard InChI is InChI=1S/C10H7Br2N3O/c11-8-5-7(16-10(8)12)6-14-15-9-3-1-2-4-13-9/h1-6H,(H,13,15). The summed E-state index contributed by atoms with van der Waals surface area (Å²) in [7, 11) is 0. The molecule has 1 N–H and O–H groups in total. The van der Waals surface area contributed by atoms with Crippen molar-refractivity contribution in [3.8, 4) is 0 Å². The molecular formula is C10H7Br2N3O. The Kier molecular flexibility index (Phi) is 3.74. The quantitative estimate of drug-likeness (QED) is 0.683. The van der Waals surface area contributed by atoms with E-state index in [9.17, 15) is 0 Å². The zero-order valence-electron chi connectivity index (χ0n) is 8.02. The van der Waals surface area contributed by atoms with E-state index in [-0.39, 0.29) is 0 Å². The third kappa shape index (κ3) is 2.93. The van der Waals surface area contributed by atoms with Gasteiger partial charge in [-0.25, -0.2) is 4.98 Å². The van der Waals surface area contributed by atoms with Gasteiger partial charge in [-0.15, -0.1) is 0 Å². The molecule has 0 bridgehead atoms. The molecule has 4 nitrogen and oxygen atoms in total. The molecule has 2 aromatic heterocycles. The number of hydrogen-bond donors (Lipinski definition) is 1. The molecule has 16 heavy (non-hydrogen) atoms. The third-order valence-electron chi connectivity index (χ3n) is 1.70. The highest BCUT2D eigenvalue weighted by Crippen LogP contribution is 2.25. The number of hydrazone groups is 1. The Labute approximate surface area is 109 Å². The number of furan rings is 1. The molecule has 0 aromatic carbocycles. The monoisotopic (exact) mass is 343 g/mol. The van der Waals surface area contributed by atoms with Gasteiger partial charge in [-0.2, -0.15) is 5.10 Å². The minimum Gasteiger partial charge on any atom is -0.447 e. The van der Waals surface area contributed by atoms with Crippen molar-refractivity contribution in [1.29, 1.82) is 0 Å². The Hall–Kier alpha value is -1.14. The molecule has 0 saturated heterocycles. The van der Waals surface area contributed by atoms with Gasteiger partial charge in [-0.1, -0.05) is 6.07 Å². The van der Waals surface area contributed by atoms with Gasteiger partial charge >= 0.3 is 0 Å². The maximum Gasteiger partial charge on any atom is 0.184 e. The molecule has 0 radical (unpaired) electrons. The largest absolute Gasteiger partial charge is 0.447 e. The van der Waals surface area contributed by atoms with Crippen LogP contribution in [0.3, 0.4) is 0 Å². The van der Waals surface area contributed by atoms with Crippen LogP contribution in [0.1, 0.15) is 5.76 Å².